The summed E-state index contributed by atoms with van der Waals surface area (Å²) in [7, 11) is -1.75. The van der Waals surface area contributed by atoms with Crippen LogP contribution in [0.25, 0.3) is 0 Å². The van der Waals surface area contributed by atoms with Gasteiger partial charge >= 0.3 is 0 Å². The molecular formula is C13H20N2OSi. The molecule has 0 saturated heterocycles. The second-order valence-electron chi connectivity index (χ2n) is 5.51. The summed E-state index contributed by atoms with van der Waals surface area (Å²) in [4.78, 5) is 8.14. The van der Waals surface area contributed by atoms with Crippen LogP contribution in [0.15, 0.2) is 18.6 Å². The van der Waals surface area contributed by atoms with Gasteiger partial charge in [-0.3, -0.25) is 9.97 Å². The Morgan fingerprint density at radius 3 is 2.53 bits per heavy atom. The first-order chi connectivity index (χ1) is 7.83. The predicted molar refractivity (Wildman–Crippen MR) is 71.8 cm³/mol. The van der Waals surface area contributed by atoms with Gasteiger partial charge in [-0.2, -0.15) is 0 Å². The van der Waals surface area contributed by atoms with E-state index in [0.717, 1.165) is 5.69 Å². The Morgan fingerprint density at radius 2 is 2.00 bits per heavy atom. The van der Waals surface area contributed by atoms with E-state index in [1.54, 1.807) is 18.6 Å². The molecule has 1 aromatic heterocycles. The second kappa shape index (κ2) is 5.33. The molecule has 0 atom stereocenters. The van der Waals surface area contributed by atoms with Gasteiger partial charge in [-0.25, -0.2) is 0 Å². The standard InChI is InChI=1S/C13H20N2OSi/c1-13(2,3)17(4,5)16-10-6-7-12-11-14-8-9-15-12/h8-9,11H,7H2,1-5H3. The first kappa shape index (κ1) is 13.7. The molecule has 3 nitrogen and oxygen atoms in total. The molecule has 0 aliphatic carbocycles. The summed E-state index contributed by atoms with van der Waals surface area (Å²) in [5.74, 6) is 2.99. The molecule has 0 unspecified atom stereocenters. The van der Waals surface area contributed by atoms with Gasteiger partial charge in [0.05, 0.1) is 18.2 Å². The lowest BCUT2D eigenvalue weighted by molar-refractivity contribution is 0.460. The van der Waals surface area contributed by atoms with Gasteiger partial charge in [0, 0.05) is 18.6 Å². The molecule has 1 heterocycles. The fourth-order valence-corrected chi connectivity index (χ4v) is 1.50. The smallest absolute Gasteiger partial charge is 0.264 e. The molecular weight excluding hydrogens is 228 g/mol. The van der Waals surface area contributed by atoms with Crippen molar-refractivity contribution in [2.45, 2.75) is 45.3 Å². The molecule has 4 heteroatoms. The molecule has 0 aliphatic heterocycles. The number of rotatable bonds is 2. The Kier molecular flexibility index (Phi) is 4.30. The largest absolute Gasteiger partial charge is 0.500 e. The molecule has 0 fully saturated rings. The summed E-state index contributed by atoms with van der Waals surface area (Å²) in [6, 6.07) is 0. The first-order valence-corrected chi connectivity index (χ1v) is 8.64. The van der Waals surface area contributed by atoms with E-state index in [2.05, 4.69) is 55.9 Å². The van der Waals surface area contributed by atoms with Gasteiger partial charge in [-0.15, -0.1) is 0 Å². The highest BCUT2D eigenvalue weighted by Crippen LogP contribution is 2.36. The Bertz CT molecular complexity index is 413. The topological polar surface area (TPSA) is 35.0 Å². The Morgan fingerprint density at radius 1 is 1.29 bits per heavy atom. The second-order valence-corrected chi connectivity index (χ2v) is 10.2. The van der Waals surface area contributed by atoms with Gasteiger partial charge in [-0.1, -0.05) is 26.7 Å². The van der Waals surface area contributed by atoms with Crippen LogP contribution in [0.2, 0.25) is 18.1 Å². The third-order valence-electron chi connectivity index (χ3n) is 3.07. The number of nitrogens with zero attached hydrogens (tertiary/aromatic N) is 2. The maximum absolute atomic E-state index is 5.75. The molecule has 17 heavy (non-hydrogen) atoms. The Balaban J connectivity index is 2.53. The molecule has 92 valence electrons. The van der Waals surface area contributed by atoms with Gasteiger partial charge in [0.25, 0.3) is 8.32 Å². The average molecular weight is 248 g/mol. The van der Waals surface area contributed by atoms with Crippen LogP contribution in [-0.4, -0.2) is 18.3 Å². The van der Waals surface area contributed by atoms with E-state index in [0.29, 0.717) is 6.42 Å². The van der Waals surface area contributed by atoms with Crippen LogP contribution >= 0.6 is 0 Å². The predicted octanol–water partition coefficient (Wildman–Crippen LogP) is 3.00. The maximum Gasteiger partial charge on any atom is 0.264 e. The van der Waals surface area contributed by atoms with Gasteiger partial charge < -0.3 is 4.43 Å². The highest BCUT2D eigenvalue weighted by molar-refractivity contribution is 6.74. The highest BCUT2D eigenvalue weighted by Gasteiger charge is 2.38. The van der Waals surface area contributed by atoms with E-state index >= 15 is 0 Å². The van der Waals surface area contributed by atoms with E-state index in [4.69, 9.17) is 4.43 Å². The summed E-state index contributed by atoms with van der Waals surface area (Å²) < 4.78 is 5.75. The van der Waals surface area contributed by atoms with Crippen LogP contribution in [0.5, 0.6) is 0 Å². The summed E-state index contributed by atoms with van der Waals surface area (Å²) in [5.41, 5.74) is 0.874. The van der Waals surface area contributed by atoms with Crippen molar-refractivity contribution in [3.63, 3.8) is 0 Å². The van der Waals surface area contributed by atoms with Gasteiger partial charge in [0.2, 0.25) is 0 Å². The number of hydrogen-bond acceptors (Lipinski definition) is 3. The highest BCUT2D eigenvalue weighted by atomic mass is 28.4. The number of hydrogen-bond donors (Lipinski definition) is 0. The van der Waals surface area contributed by atoms with Gasteiger partial charge in [-0.05, 0) is 18.1 Å². The lowest BCUT2D eigenvalue weighted by atomic mass is 10.2. The third-order valence-corrected chi connectivity index (χ3v) is 7.30. The number of aromatic nitrogens is 2. The van der Waals surface area contributed by atoms with Crippen molar-refractivity contribution in [2.24, 2.45) is 0 Å². The fourth-order valence-electron chi connectivity index (χ4n) is 0.865. The molecule has 1 rings (SSSR count). The molecule has 0 spiro atoms. The Hall–Kier alpha value is -1.34. The summed E-state index contributed by atoms with van der Waals surface area (Å²) in [6.07, 6.45) is 8.46. The van der Waals surface area contributed by atoms with E-state index in [1.807, 2.05) is 0 Å². The quantitative estimate of drug-likeness (QED) is 0.596. The molecule has 0 amide bonds. The zero-order valence-electron chi connectivity index (χ0n) is 11.2. The molecule has 0 saturated carbocycles. The average Bonchev–Trinajstić information content (AvgIpc) is 2.24. The minimum absolute atomic E-state index is 0.189. The van der Waals surface area contributed by atoms with Crippen LogP contribution in [0.4, 0.5) is 0 Å². The molecule has 0 aliphatic rings. The van der Waals surface area contributed by atoms with Crippen molar-refractivity contribution < 1.29 is 4.43 Å². The lowest BCUT2D eigenvalue weighted by Gasteiger charge is -2.33. The SMILES string of the molecule is CC(C)(C)[Si](C)(C)OC#CCc1cnccn1. The van der Waals surface area contributed by atoms with E-state index in [1.165, 1.54) is 0 Å². The van der Waals surface area contributed by atoms with Crippen LogP contribution in [0, 0.1) is 12.0 Å². The molecule has 1 aromatic rings. The van der Waals surface area contributed by atoms with Crippen LogP contribution < -0.4 is 0 Å². The van der Waals surface area contributed by atoms with Crippen molar-refractivity contribution >= 4 is 8.32 Å². The molecule has 0 bridgehead atoms. The zero-order chi connectivity index (χ0) is 12.9. The normalized spacial score (nSPS) is 11.6. The van der Waals surface area contributed by atoms with Gasteiger partial charge in [0.15, 0.2) is 0 Å². The third kappa shape index (κ3) is 4.20. The van der Waals surface area contributed by atoms with Crippen molar-refractivity contribution in [1.82, 2.24) is 9.97 Å². The van der Waals surface area contributed by atoms with E-state index < -0.39 is 8.32 Å². The van der Waals surface area contributed by atoms with E-state index in [9.17, 15) is 0 Å². The summed E-state index contributed by atoms with van der Waals surface area (Å²) in [6.45, 7) is 11.0. The lowest BCUT2D eigenvalue weighted by Crippen LogP contribution is -2.39. The Labute approximate surface area is 105 Å². The van der Waals surface area contributed by atoms with Crippen LogP contribution in [0.1, 0.15) is 26.5 Å². The van der Waals surface area contributed by atoms with Gasteiger partial charge in [0.1, 0.15) is 0 Å². The van der Waals surface area contributed by atoms with Crippen molar-refractivity contribution in [2.75, 3.05) is 0 Å². The van der Waals surface area contributed by atoms with Crippen molar-refractivity contribution in [1.29, 1.82) is 0 Å². The summed E-state index contributed by atoms with van der Waals surface area (Å²) in [5, 5.41) is 0.189. The monoisotopic (exact) mass is 248 g/mol. The van der Waals surface area contributed by atoms with E-state index in [-0.39, 0.29) is 5.04 Å². The zero-order valence-corrected chi connectivity index (χ0v) is 12.2. The first-order valence-electron chi connectivity index (χ1n) is 5.74. The molecule has 0 aromatic carbocycles. The van der Waals surface area contributed by atoms with Crippen molar-refractivity contribution in [3.05, 3.63) is 24.3 Å². The molecule has 0 radical (unpaired) electrons. The van der Waals surface area contributed by atoms with Crippen LogP contribution in [-0.2, 0) is 10.8 Å². The van der Waals surface area contributed by atoms with Crippen molar-refractivity contribution in [3.8, 4) is 12.0 Å². The fraction of sp³-hybridized carbons (Fsp3) is 0.538. The minimum Gasteiger partial charge on any atom is -0.500 e. The minimum atomic E-state index is -1.75. The molecule has 0 N–H and O–H groups in total. The summed E-state index contributed by atoms with van der Waals surface area (Å²) >= 11 is 0. The van der Waals surface area contributed by atoms with Crippen LogP contribution in [0.3, 0.4) is 0 Å². The maximum atomic E-state index is 5.75.